The Morgan fingerprint density at radius 1 is 1.06 bits per heavy atom. The van der Waals surface area contributed by atoms with E-state index in [2.05, 4.69) is 15.5 Å². The van der Waals surface area contributed by atoms with Crippen molar-refractivity contribution in [1.29, 1.82) is 0 Å². The van der Waals surface area contributed by atoms with Crippen molar-refractivity contribution < 1.29 is 27.5 Å². The van der Waals surface area contributed by atoms with Crippen LogP contribution in [0.4, 0.5) is 18.9 Å². The summed E-state index contributed by atoms with van der Waals surface area (Å²) < 4.78 is 44.0. The van der Waals surface area contributed by atoms with Crippen molar-refractivity contribution in [2.75, 3.05) is 38.1 Å². The normalized spacial score (nSPS) is 17.2. The zero-order valence-electron chi connectivity index (χ0n) is 16.8. The lowest BCUT2D eigenvalue weighted by Gasteiger charge is -2.33. The first-order valence-corrected chi connectivity index (χ1v) is 9.98. The van der Waals surface area contributed by atoms with E-state index in [0.717, 1.165) is 37.3 Å². The summed E-state index contributed by atoms with van der Waals surface area (Å²) in [5.41, 5.74) is 0.132. The van der Waals surface area contributed by atoms with Gasteiger partial charge in [0.2, 0.25) is 0 Å². The van der Waals surface area contributed by atoms with Crippen LogP contribution in [0.25, 0.3) is 0 Å². The van der Waals surface area contributed by atoms with E-state index < -0.39 is 23.6 Å². The molecule has 1 aliphatic rings. The molecule has 0 aromatic heterocycles. The van der Waals surface area contributed by atoms with Crippen molar-refractivity contribution in [1.82, 2.24) is 10.2 Å². The highest BCUT2D eigenvalue weighted by Crippen LogP contribution is 2.30. The van der Waals surface area contributed by atoms with Crippen molar-refractivity contribution in [3.05, 3.63) is 65.7 Å². The number of benzene rings is 2. The van der Waals surface area contributed by atoms with Gasteiger partial charge in [0.15, 0.2) is 0 Å². The summed E-state index contributed by atoms with van der Waals surface area (Å²) in [6.07, 6.45) is -3.89. The van der Waals surface area contributed by atoms with Crippen molar-refractivity contribution in [2.45, 2.75) is 18.7 Å². The molecule has 0 saturated carbocycles. The molecule has 0 bridgehead atoms. The number of hydrogen-bond donors (Lipinski definition) is 2. The molecule has 1 aliphatic heterocycles. The topological polar surface area (TPSA) is 70.7 Å². The maximum absolute atomic E-state index is 12.7. The van der Waals surface area contributed by atoms with Crippen molar-refractivity contribution >= 4 is 17.5 Å². The van der Waals surface area contributed by atoms with Crippen LogP contribution in [0.15, 0.2) is 54.6 Å². The average Bonchev–Trinajstić information content (AvgIpc) is 2.77. The number of ether oxygens (including phenoxy) is 1. The Bertz CT molecular complexity index is 890. The third-order valence-electron chi connectivity index (χ3n) is 4.91. The SMILES string of the molecule is O=C(NCCCN1CCOC(c2ccccc2)C1)C(=O)Nc1cccc(C(F)(F)F)c1. The number of carbonyl (C=O) groups excluding carboxylic acids is 2. The van der Waals surface area contributed by atoms with E-state index in [0.29, 0.717) is 13.0 Å². The second-order valence-electron chi connectivity index (χ2n) is 7.21. The number of nitrogens with one attached hydrogen (secondary N) is 2. The molecule has 2 amide bonds. The number of alkyl halides is 3. The lowest BCUT2D eigenvalue weighted by Crippen LogP contribution is -2.41. The highest BCUT2D eigenvalue weighted by atomic mass is 19.4. The number of amides is 2. The van der Waals surface area contributed by atoms with Gasteiger partial charge < -0.3 is 15.4 Å². The molecule has 0 radical (unpaired) electrons. The van der Waals surface area contributed by atoms with E-state index in [9.17, 15) is 22.8 Å². The van der Waals surface area contributed by atoms with Crippen molar-refractivity contribution in [3.8, 4) is 0 Å². The zero-order valence-corrected chi connectivity index (χ0v) is 16.8. The Morgan fingerprint density at radius 3 is 2.58 bits per heavy atom. The lowest BCUT2D eigenvalue weighted by atomic mass is 10.1. The Hall–Kier alpha value is -2.91. The summed E-state index contributed by atoms with van der Waals surface area (Å²) in [6, 6.07) is 14.1. The third-order valence-corrected chi connectivity index (χ3v) is 4.91. The molecule has 2 aromatic carbocycles. The minimum atomic E-state index is -4.53. The minimum absolute atomic E-state index is 0.00257. The van der Waals surface area contributed by atoms with Gasteiger partial charge in [-0.1, -0.05) is 36.4 Å². The molecule has 6 nitrogen and oxygen atoms in total. The van der Waals surface area contributed by atoms with Gasteiger partial charge in [-0.2, -0.15) is 13.2 Å². The minimum Gasteiger partial charge on any atom is -0.371 e. The number of rotatable bonds is 6. The second kappa shape index (κ2) is 10.4. The van der Waals surface area contributed by atoms with Crippen molar-refractivity contribution in [2.24, 2.45) is 0 Å². The summed E-state index contributed by atoms with van der Waals surface area (Å²) in [7, 11) is 0. The van der Waals surface area contributed by atoms with Crippen LogP contribution in [0.1, 0.15) is 23.7 Å². The summed E-state index contributed by atoms with van der Waals surface area (Å²) in [5.74, 6) is -1.89. The van der Waals surface area contributed by atoms with Gasteiger partial charge in [0.25, 0.3) is 0 Å². The van der Waals surface area contributed by atoms with E-state index in [1.165, 1.54) is 12.1 Å². The van der Waals surface area contributed by atoms with Gasteiger partial charge in [0, 0.05) is 31.9 Å². The van der Waals surface area contributed by atoms with Crippen LogP contribution in [0.3, 0.4) is 0 Å². The first-order valence-electron chi connectivity index (χ1n) is 9.98. The van der Waals surface area contributed by atoms with Crippen LogP contribution in [0.2, 0.25) is 0 Å². The van der Waals surface area contributed by atoms with E-state index in [1.54, 1.807) is 0 Å². The molecule has 1 unspecified atom stereocenters. The molecule has 0 aliphatic carbocycles. The van der Waals surface area contributed by atoms with Gasteiger partial charge in [-0.25, -0.2) is 0 Å². The number of nitrogens with zero attached hydrogens (tertiary/aromatic N) is 1. The maximum atomic E-state index is 12.7. The lowest BCUT2D eigenvalue weighted by molar-refractivity contribution is -0.137. The fraction of sp³-hybridized carbons (Fsp3) is 0.364. The van der Waals surface area contributed by atoms with Crippen LogP contribution in [0.5, 0.6) is 0 Å². The summed E-state index contributed by atoms with van der Waals surface area (Å²) >= 11 is 0. The summed E-state index contributed by atoms with van der Waals surface area (Å²) in [4.78, 5) is 26.1. The van der Waals surface area contributed by atoms with Gasteiger partial charge in [-0.05, 0) is 30.2 Å². The van der Waals surface area contributed by atoms with E-state index in [-0.39, 0.29) is 18.3 Å². The first-order chi connectivity index (χ1) is 14.8. The molecule has 0 spiro atoms. The predicted molar refractivity (Wildman–Crippen MR) is 109 cm³/mol. The van der Waals surface area contributed by atoms with Crippen LogP contribution < -0.4 is 10.6 Å². The van der Waals surface area contributed by atoms with Gasteiger partial charge in [-0.3, -0.25) is 14.5 Å². The van der Waals surface area contributed by atoms with E-state index in [1.807, 2.05) is 30.3 Å². The highest BCUT2D eigenvalue weighted by molar-refractivity contribution is 6.39. The number of morpholine rings is 1. The quantitative estimate of drug-likeness (QED) is 0.540. The van der Waals surface area contributed by atoms with Crippen LogP contribution >= 0.6 is 0 Å². The van der Waals surface area contributed by atoms with Gasteiger partial charge in [0.1, 0.15) is 0 Å². The summed E-state index contributed by atoms with van der Waals surface area (Å²) in [5, 5.41) is 4.69. The molecule has 1 atom stereocenters. The molecule has 2 aromatic rings. The van der Waals surface area contributed by atoms with Crippen molar-refractivity contribution in [3.63, 3.8) is 0 Å². The van der Waals surface area contributed by atoms with Crippen LogP contribution in [-0.4, -0.2) is 49.5 Å². The number of hydrogen-bond acceptors (Lipinski definition) is 4. The molecular weight excluding hydrogens is 411 g/mol. The molecule has 1 heterocycles. The smallest absolute Gasteiger partial charge is 0.371 e. The van der Waals surface area contributed by atoms with Gasteiger partial charge >= 0.3 is 18.0 Å². The fourth-order valence-electron chi connectivity index (χ4n) is 3.32. The summed E-state index contributed by atoms with van der Waals surface area (Å²) in [6.45, 7) is 3.15. The third kappa shape index (κ3) is 6.80. The Morgan fingerprint density at radius 2 is 1.84 bits per heavy atom. The molecule has 3 rings (SSSR count). The second-order valence-corrected chi connectivity index (χ2v) is 7.21. The molecule has 1 fully saturated rings. The van der Waals surface area contributed by atoms with E-state index >= 15 is 0 Å². The molecule has 2 N–H and O–H groups in total. The fourth-order valence-corrected chi connectivity index (χ4v) is 3.32. The molecular formula is C22H24F3N3O3. The molecule has 1 saturated heterocycles. The standard InChI is InChI=1S/C22H24F3N3O3/c23-22(24,25)17-8-4-9-18(14-17)27-21(30)20(29)26-10-5-11-28-12-13-31-19(15-28)16-6-2-1-3-7-16/h1-4,6-9,14,19H,5,10-13,15H2,(H,26,29)(H,27,30). The monoisotopic (exact) mass is 435 g/mol. The number of halogens is 3. The Balaban J connectivity index is 1.39. The number of anilines is 1. The molecule has 31 heavy (non-hydrogen) atoms. The first kappa shape index (κ1) is 22.8. The zero-order chi connectivity index (χ0) is 22.3. The average molecular weight is 435 g/mol. The Labute approximate surface area is 178 Å². The number of carbonyl (C=O) groups is 2. The molecule has 9 heteroatoms. The van der Waals surface area contributed by atoms with Crippen LogP contribution in [0, 0.1) is 0 Å². The van der Waals surface area contributed by atoms with Gasteiger partial charge in [-0.15, -0.1) is 0 Å². The van der Waals surface area contributed by atoms with Gasteiger partial charge in [0.05, 0.1) is 18.3 Å². The molecule has 166 valence electrons. The highest BCUT2D eigenvalue weighted by Gasteiger charge is 2.30. The predicted octanol–water partition coefficient (Wildman–Crippen LogP) is 3.22. The largest absolute Gasteiger partial charge is 0.416 e. The Kier molecular flexibility index (Phi) is 7.64. The maximum Gasteiger partial charge on any atom is 0.416 e. The van der Waals surface area contributed by atoms with E-state index in [4.69, 9.17) is 4.74 Å². The van der Waals surface area contributed by atoms with Crippen LogP contribution in [-0.2, 0) is 20.5 Å².